The molecule has 2 nitrogen and oxygen atoms in total. The molecule has 0 N–H and O–H groups in total. The summed E-state index contributed by atoms with van der Waals surface area (Å²) in [6.45, 7) is 0. The van der Waals surface area contributed by atoms with Crippen LogP contribution in [0, 0.1) is 0 Å². The van der Waals surface area contributed by atoms with Gasteiger partial charge in [0.25, 0.3) is 0 Å². The Hall–Kier alpha value is -1.53. The number of rotatable bonds is 3. The van der Waals surface area contributed by atoms with Crippen molar-refractivity contribution in [3.8, 4) is 11.5 Å². The topological polar surface area (TPSA) is 26.3 Å². The Morgan fingerprint density at radius 2 is 1.86 bits per heavy atom. The van der Waals surface area contributed by atoms with Crippen molar-refractivity contribution in [1.82, 2.24) is 0 Å². The highest BCUT2D eigenvalue weighted by molar-refractivity contribution is 9.10. The van der Waals surface area contributed by atoms with Crippen molar-refractivity contribution in [2.75, 3.05) is 0 Å². The van der Waals surface area contributed by atoms with Gasteiger partial charge in [-0.15, -0.1) is 0 Å². The summed E-state index contributed by atoms with van der Waals surface area (Å²) in [5.41, 5.74) is -1.50. The highest BCUT2D eigenvalue weighted by Crippen LogP contribution is 2.37. The van der Waals surface area contributed by atoms with E-state index in [1.54, 1.807) is 12.1 Å². The number of carbonyl (C=O) groups is 1. The van der Waals surface area contributed by atoms with E-state index in [-0.39, 0.29) is 22.8 Å². The number of alkyl halides is 3. The molecule has 0 bridgehead atoms. The van der Waals surface area contributed by atoms with Crippen molar-refractivity contribution in [2.45, 2.75) is 6.18 Å². The quantitative estimate of drug-likeness (QED) is 0.637. The van der Waals surface area contributed by atoms with Crippen LogP contribution in [0.2, 0.25) is 5.02 Å². The average Bonchev–Trinajstić information content (AvgIpc) is 2.42. The van der Waals surface area contributed by atoms with Gasteiger partial charge in [0.05, 0.1) is 10.6 Å². The van der Waals surface area contributed by atoms with Crippen LogP contribution in [-0.2, 0) is 6.18 Å². The fourth-order valence-corrected chi connectivity index (χ4v) is 2.13. The van der Waals surface area contributed by atoms with Crippen LogP contribution in [0.4, 0.5) is 13.2 Å². The lowest BCUT2D eigenvalue weighted by Gasteiger charge is -2.13. The van der Waals surface area contributed by atoms with Crippen molar-refractivity contribution in [2.24, 2.45) is 0 Å². The third kappa shape index (κ3) is 3.77. The Bertz CT molecular complexity index is 686. The first-order chi connectivity index (χ1) is 9.81. The van der Waals surface area contributed by atoms with Crippen LogP contribution in [0.1, 0.15) is 15.9 Å². The molecule has 0 heterocycles. The van der Waals surface area contributed by atoms with E-state index in [0.29, 0.717) is 4.47 Å². The predicted molar refractivity (Wildman–Crippen MR) is 76.1 cm³/mol. The number of carbonyl (C=O) groups excluding carboxylic acids is 1. The van der Waals surface area contributed by atoms with Gasteiger partial charge in [-0.05, 0) is 36.4 Å². The summed E-state index contributed by atoms with van der Waals surface area (Å²) >= 11 is 9.12. The van der Waals surface area contributed by atoms with E-state index in [1.807, 2.05) is 0 Å². The first-order valence-electron chi connectivity index (χ1n) is 5.60. The number of hydrogen-bond donors (Lipinski definition) is 0. The SMILES string of the molecule is O=Cc1ccc(Oc2cc(Br)ccc2Cl)cc1C(F)(F)F. The molecular formula is C14H7BrClF3O2. The zero-order valence-electron chi connectivity index (χ0n) is 10.2. The molecule has 2 aromatic carbocycles. The maximum Gasteiger partial charge on any atom is 0.417 e. The lowest BCUT2D eigenvalue weighted by molar-refractivity contribution is -0.137. The molecule has 0 atom stereocenters. The molecule has 2 rings (SSSR count). The Balaban J connectivity index is 2.42. The average molecular weight is 380 g/mol. The second kappa shape index (κ2) is 6.07. The van der Waals surface area contributed by atoms with E-state index in [2.05, 4.69) is 15.9 Å². The Kier molecular flexibility index (Phi) is 4.58. The maximum absolute atomic E-state index is 12.8. The van der Waals surface area contributed by atoms with Gasteiger partial charge in [-0.25, -0.2) is 0 Å². The molecule has 0 saturated carbocycles. The normalized spacial score (nSPS) is 11.3. The lowest BCUT2D eigenvalue weighted by atomic mass is 10.1. The molecule has 0 unspecified atom stereocenters. The highest BCUT2D eigenvalue weighted by Gasteiger charge is 2.33. The van der Waals surface area contributed by atoms with Gasteiger partial charge >= 0.3 is 6.18 Å². The third-order valence-electron chi connectivity index (χ3n) is 2.58. The van der Waals surface area contributed by atoms with E-state index in [0.717, 1.165) is 12.1 Å². The summed E-state index contributed by atoms with van der Waals surface area (Å²) in [4.78, 5) is 10.7. The van der Waals surface area contributed by atoms with Gasteiger partial charge in [0.15, 0.2) is 6.29 Å². The van der Waals surface area contributed by atoms with Crippen LogP contribution >= 0.6 is 27.5 Å². The van der Waals surface area contributed by atoms with Crippen molar-refractivity contribution >= 4 is 33.8 Å². The standard InChI is InChI=1S/C14H7BrClF3O2/c15-9-2-4-12(16)13(5-9)21-10-3-1-8(7-20)11(6-10)14(17,18)19/h1-7H. The summed E-state index contributed by atoms with van der Waals surface area (Å²) in [6, 6.07) is 7.84. The van der Waals surface area contributed by atoms with Crippen molar-refractivity contribution in [3.05, 3.63) is 57.0 Å². The van der Waals surface area contributed by atoms with Crippen LogP contribution < -0.4 is 4.74 Å². The molecule has 2 aromatic rings. The van der Waals surface area contributed by atoms with Gasteiger partial charge < -0.3 is 4.74 Å². The maximum atomic E-state index is 12.8. The molecule has 0 radical (unpaired) electrons. The summed E-state index contributed by atoms with van der Waals surface area (Å²) in [5.74, 6) is 0.144. The largest absolute Gasteiger partial charge is 0.456 e. The van der Waals surface area contributed by atoms with E-state index < -0.39 is 17.3 Å². The molecule has 7 heteroatoms. The molecule has 110 valence electrons. The number of benzene rings is 2. The molecular weight excluding hydrogens is 373 g/mol. The monoisotopic (exact) mass is 378 g/mol. The van der Waals surface area contributed by atoms with E-state index in [1.165, 1.54) is 12.1 Å². The van der Waals surface area contributed by atoms with Gasteiger partial charge in [0, 0.05) is 10.0 Å². The molecule has 0 spiro atoms. The second-order valence-corrected chi connectivity index (χ2v) is 5.36. The first-order valence-corrected chi connectivity index (χ1v) is 6.77. The molecule has 0 aromatic heterocycles. The van der Waals surface area contributed by atoms with Gasteiger partial charge in [-0.1, -0.05) is 27.5 Å². The first kappa shape index (κ1) is 15.9. The smallest absolute Gasteiger partial charge is 0.417 e. The summed E-state index contributed by atoms with van der Waals surface area (Å²) in [6.07, 6.45) is -4.49. The molecule has 0 aliphatic heterocycles. The number of hydrogen-bond acceptors (Lipinski definition) is 2. The minimum Gasteiger partial charge on any atom is -0.456 e. The minimum absolute atomic E-state index is 0.0621. The van der Waals surface area contributed by atoms with Crippen LogP contribution in [0.15, 0.2) is 40.9 Å². The summed E-state index contributed by atoms with van der Waals surface area (Å²) in [7, 11) is 0. The van der Waals surface area contributed by atoms with Crippen molar-refractivity contribution in [1.29, 1.82) is 0 Å². The Labute approximate surface area is 131 Å². The Morgan fingerprint density at radius 1 is 1.14 bits per heavy atom. The van der Waals surface area contributed by atoms with Crippen LogP contribution in [0.5, 0.6) is 11.5 Å². The van der Waals surface area contributed by atoms with Crippen LogP contribution in [0.3, 0.4) is 0 Å². The fraction of sp³-hybridized carbons (Fsp3) is 0.0714. The molecule has 0 amide bonds. The van der Waals surface area contributed by atoms with Crippen molar-refractivity contribution in [3.63, 3.8) is 0 Å². The van der Waals surface area contributed by atoms with Gasteiger partial charge in [-0.3, -0.25) is 4.79 Å². The zero-order valence-corrected chi connectivity index (χ0v) is 12.6. The summed E-state index contributed by atoms with van der Waals surface area (Å²) in [5, 5.41) is 0.256. The highest BCUT2D eigenvalue weighted by atomic mass is 79.9. The molecule has 0 aliphatic carbocycles. The van der Waals surface area contributed by atoms with Crippen molar-refractivity contribution < 1.29 is 22.7 Å². The van der Waals surface area contributed by atoms with Gasteiger partial charge in [-0.2, -0.15) is 13.2 Å². The zero-order chi connectivity index (χ0) is 15.6. The third-order valence-corrected chi connectivity index (χ3v) is 3.38. The molecule has 0 fully saturated rings. The van der Waals surface area contributed by atoms with E-state index >= 15 is 0 Å². The van der Waals surface area contributed by atoms with Gasteiger partial charge in [0.1, 0.15) is 11.5 Å². The predicted octanol–water partition coefficient (Wildman–Crippen LogP) is 5.73. The Morgan fingerprint density at radius 3 is 2.48 bits per heavy atom. The molecule has 21 heavy (non-hydrogen) atoms. The number of ether oxygens (including phenoxy) is 1. The number of aldehydes is 1. The fourth-order valence-electron chi connectivity index (χ4n) is 1.63. The number of halogens is 5. The van der Waals surface area contributed by atoms with E-state index in [4.69, 9.17) is 16.3 Å². The van der Waals surface area contributed by atoms with E-state index in [9.17, 15) is 18.0 Å². The minimum atomic E-state index is -4.64. The lowest BCUT2D eigenvalue weighted by Crippen LogP contribution is -2.09. The molecule has 0 saturated heterocycles. The molecule has 0 aliphatic rings. The summed E-state index contributed by atoms with van der Waals surface area (Å²) < 4.78 is 44.6. The van der Waals surface area contributed by atoms with Gasteiger partial charge in [0.2, 0.25) is 0 Å². The van der Waals surface area contributed by atoms with Crippen LogP contribution in [0.25, 0.3) is 0 Å². The second-order valence-electron chi connectivity index (χ2n) is 4.04. The van der Waals surface area contributed by atoms with Crippen LogP contribution in [-0.4, -0.2) is 6.29 Å².